The molecule has 1 unspecified atom stereocenters. The second kappa shape index (κ2) is 6.15. The van der Waals surface area contributed by atoms with Gasteiger partial charge in [0, 0.05) is 24.0 Å². The summed E-state index contributed by atoms with van der Waals surface area (Å²) in [5.41, 5.74) is 0.382. The molecule has 0 spiro atoms. The van der Waals surface area contributed by atoms with Gasteiger partial charge in [0.05, 0.1) is 0 Å². The van der Waals surface area contributed by atoms with Crippen molar-refractivity contribution in [1.29, 1.82) is 0 Å². The first-order valence-corrected chi connectivity index (χ1v) is 7.06. The van der Waals surface area contributed by atoms with Gasteiger partial charge in [-0.15, -0.1) is 11.6 Å². The molecule has 5 heteroatoms. The van der Waals surface area contributed by atoms with Gasteiger partial charge in [-0.3, -0.25) is 4.79 Å². The molecule has 4 nitrogen and oxygen atoms in total. The summed E-state index contributed by atoms with van der Waals surface area (Å²) in [7, 11) is 0. The Morgan fingerprint density at radius 1 is 1.26 bits per heavy atom. The first-order valence-electron chi connectivity index (χ1n) is 6.52. The zero-order valence-electron chi connectivity index (χ0n) is 10.7. The van der Waals surface area contributed by atoms with Gasteiger partial charge in [-0.2, -0.15) is 0 Å². The standard InChI is InChI=1S/C14H18ClNO3/c15-9-11-4-2-1-3-7-16(11)14(19)10-5-6-12(17)13(18)8-10/h5-6,8,11,17-18H,1-4,7,9H2. The predicted octanol–water partition coefficient (Wildman–Crippen LogP) is 2.72. The van der Waals surface area contributed by atoms with Crippen molar-refractivity contribution in [3.63, 3.8) is 0 Å². The van der Waals surface area contributed by atoms with Crippen molar-refractivity contribution in [2.24, 2.45) is 0 Å². The fraction of sp³-hybridized carbons (Fsp3) is 0.500. The van der Waals surface area contributed by atoms with E-state index in [2.05, 4.69) is 0 Å². The summed E-state index contributed by atoms with van der Waals surface area (Å²) in [6.45, 7) is 0.692. The Balaban J connectivity index is 2.22. The van der Waals surface area contributed by atoms with E-state index in [0.717, 1.165) is 25.7 Å². The van der Waals surface area contributed by atoms with Crippen molar-refractivity contribution in [1.82, 2.24) is 4.90 Å². The number of amides is 1. The Morgan fingerprint density at radius 3 is 2.74 bits per heavy atom. The Hall–Kier alpha value is -1.42. The third-order valence-corrected chi connectivity index (χ3v) is 3.89. The average Bonchev–Trinajstić information content (AvgIpc) is 2.66. The van der Waals surface area contributed by atoms with E-state index in [0.29, 0.717) is 18.0 Å². The summed E-state index contributed by atoms with van der Waals surface area (Å²) in [6, 6.07) is 4.20. The van der Waals surface area contributed by atoms with Gasteiger partial charge in [-0.25, -0.2) is 0 Å². The zero-order chi connectivity index (χ0) is 13.8. The first-order chi connectivity index (χ1) is 9.13. The molecule has 0 aromatic heterocycles. The number of phenols is 2. The highest BCUT2D eigenvalue weighted by Crippen LogP contribution is 2.27. The molecular weight excluding hydrogens is 266 g/mol. The van der Waals surface area contributed by atoms with Crippen LogP contribution in [-0.2, 0) is 0 Å². The van der Waals surface area contributed by atoms with Gasteiger partial charge in [0.1, 0.15) is 0 Å². The molecule has 2 rings (SSSR count). The second-order valence-electron chi connectivity index (χ2n) is 4.86. The molecular formula is C14H18ClNO3. The van der Waals surface area contributed by atoms with E-state index in [-0.39, 0.29) is 23.4 Å². The van der Waals surface area contributed by atoms with Crippen molar-refractivity contribution >= 4 is 17.5 Å². The third kappa shape index (κ3) is 3.13. The van der Waals surface area contributed by atoms with Crippen molar-refractivity contribution in [2.75, 3.05) is 12.4 Å². The fourth-order valence-corrected chi connectivity index (χ4v) is 2.75. The highest BCUT2D eigenvalue weighted by atomic mass is 35.5. The Bertz CT molecular complexity index is 464. The number of alkyl halides is 1. The Labute approximate surface area is 117 Å². The van der Waals surface area contributed by atoms with Crippen LogP contribution >= 0.6 is 11.6 Å². The van der Waals surface area contributed by atoms with E-state index in [1.807, 2.05) is 0 Å². The van der Waals surface area contributed by atoms with Crippen LogP contribution in [0.3, 0.4) is 0 Å². The number of aromatic hydroxyl groups is 2. The summed E-state index contributed by atoms with van der Waals surface area (Å²) in [5, 5.41) is 18.8. The van der Waals surface area contributed by atoms with Gasteiger partial charge >= 0.3 is 0 Å². The first kappa shape index (κ1) is 14.0. The molecule has 1 amide bonds. The molecule has 1 aliphatic heterocycles. The van der Waals surface area contributed by atoms with E-state index >= 15 is 0 Å². The molecule has 1 aromatic carbocycles. The van der Waals surface area contributed by atoms with E-state index in [4.69, 9.17) is 11.6 Å². The second-order valence-corrected chi connectivity index (χ2v) is 5.17. The summed E-state index contributed by atoms with van der Waals surface area (Å²) in [4.78, 5) is 14.2. The van der Waals surface area contributed by atoms with Gasteiger partial charge in [0.25, 0.3) is 5.91 Å². The number of carbonyl (C=O) groups excluding carboxylic acids is 1. The van der Waals surface area contributed by atoms with Crippen LogP contribution in [0, 0.1) is 0 Å². The van der Waals surface area contributed by atoms with Crippen LogP contribution in [0.15, 0.2) is 18.2 Å². The van der Waals surface area contributed by atoms with E-state index in [1.165, 1.54) is 18.2 Å². The van der Waals surface area contributed by atoms with Crippen LogP contribution in [0.25, 0.3) is 0 Å². The van der Waals surface area contributed by atoms with Crippen LogP contribution < -0.4 is 0 Å². The largest absolute Gasteiger partial charge is 0.504 e. The van der Waals surface area contributed by atoms with Crippen LogP contribution in [-0.4, -0.2) is 39.5 Å². The molecule has 19 heavy (non-hydrogen) atoms. The Kier molecular flexibility index (Phi) is 4.53. The number of rotatable bonds is 2. The number of hydrogen-bond acceptors (Lipinski definition) is 3. The molecule has 0 radical (unpaired) electrons. The zero-order valence-corrected chi connectivity index (χ0v) is 11.4. The normalized spacial score (nSPS) is 20.1. The highest BCUT2D eigenvalue weighted by molar-refractivity contribution is 6.18. The predicted molar refractivity (Wildman–Crippen MR) is 73.8 cm³/mol. The van der Waals surface area contributed by atoms with Crippen LogP contribution in [0.2, 0.25) is 0 Å². The van der Waals surface area contributed by atoms with Crippen LogP contribution in [0.4, 0.5) is 0 Å². The van der Waals surface area contributed by atoms with Gasteiger partial charge in [0.2, 0.25) is 0 Å². The lowest BCUT2D eigenvalue weighted by molar-refractivity contribution is 0.0700. The van der Waals surface area contributed by atoms with Crippen LogP contribution in [0.5, 0.6) is 11.5 Å². The summed E-state index contributed by atoms with van der Waals surface area (Å²) >= 11 is 5.95. The summed E-state index contributed by atoms with van der Waals surface area (Å²) in [6.07, 6.45) is 4.09. The molecule has 0 aliphatic carbocycles. The number of likely N-dealkylation sites (tertiary alicyclic amines) is 1. The fourth-order valence-electron chi connectivity index (χ4n) is 2.43. The lowest BCUT2D eigenvalue weighted by Crippen LogP contribution is -2.41. The highest BCUT2D eigenvalue weighted by Gasteiger charge is 2.26. The molecule has 0 bridgehead atoms. The molecule has 1 atom stereocenters. The molecule has 1 aromatic rings. The SMILES string of the molecule is O=C(c1ccc(O)c(O)c1)N1CCCCCC1CCl. The minimum atomic E-state index is -0.275. The number of nitrogens with zero attached hydrogens (tertiary/aromatic N) is 1. The van der Waals surface area contributed by atoms with Gasteiger partial charge in [-0.1, -0.05) is 12.8 Å². The minimum Gasteiger partial charge on any atom is -0.504 e. The van der Waals surface area contributed by atoms with Crippen molar-refractivity contribution in [3.05, 3.63) is 23.8 Å². The van der Waals surface area contributed by atoms with Gasteiger partial charge < -0.3 is 15.1 Å². The monoisotopic (exact) mass is 283 g/mol. The van der Waals surface area contributed by atoms with Gasteiger partial charge in [0.15, 0.2) is 11.5 Å². The topological polar surface area (TPSA) is 60.8 Å². The van der Waals surface area contributed by atoms with Crippen molar-refractivity contribution < 1.29 is 15.0 Å². The maximum atomic E-state index is 12.5. The van der Waals surface area contributed by atoms with E-state index in [9.17, 15) is 15.0 Å². The van der Waals surface area contributed by atoms with Crippen LogP contribution in [0.1, 0.15) is 36.0 Å². The number of hydrogen-bond donors (Lipinski definition) is 2. The van der Waals surface area contributed by atoms with Crippen molar-refractivity contribution in [3.8, 4) is 11.5 Å². The number of phenolic OH excluding ortho intramolecular Hbond substituents is 2. The quantitative estimate of drug-likeness (QED) is 0.648. The molecule has 1 aliphatic rings. The third-order valence-electron chi connectivity index (χ3n) is 3.54. The molecule has 1 saturated heterocycles. The maximum absolute atomic E-state index is 12.5. The molecule has 104 valence electrons. The van der Waals surface area contributed by atoms with Crippen molar-refractivity contribution in [2.45, 2.75) is 31.7 Å². The van der Waals surface area contributed by atoms with Gasteiger partial charge in [-0.05, 0) is 31.0 Å². The minimum absolute atomic E-state index is 0.0487. The number of halogens is 1. The van der Waals surface area contributed by atoms with E-state index < -0.39 is 0 Å². The molecule has 0 saturated carbocycles. The summed E-state index contributed by atoms with van der Waals surface area (Å²) in [5.74, 6) is -0.206. The average molecular weight is 284 g/mol. The lowest BCUT2D eigenvalue weighted by atomic mass is 10.1. The molecule has 1 fully saturated rings. The number of carbonyl (C=O) groups is 1. The summed E-state index contributed by atoms with van der Waals surface area (Å²) < 4.78 is 0. The maximum Gasteiger partial charge on any atom is 0.254 e. The smallest absolute Gasteiger partial charge is 0.254 e. The van der Waals surface area contributed by atoms with E-state index in [1.54, 1.807) is 4.90 Å². The number of benzene rings is 1. The molecule has 2 N–H and O–H groups in total. The molecule has 1 heterocycles. The lowest BCUT2D eigenvalue weighted by Gasteiger charge is -2.28. The Morgan fingerprint density at radius 2 is 2.05 bits per heavy atom.